The molecule has 0 aliphatic heterocycles. The van der Waals surface area contributed by atoms with Crippen molar-refractivity contribution in [2.45, 2.75) is 33.3 Å². The van der Waals surface area contributed by atoms with Crippen molar-refractivity contribution in [3.05, 3.63) is 10.6 Å². The first-order valence-electron chi connectivity index (χ1n) is 3.37. The summed E-state index contributed by atoms with van der Waals surface area (Å²) in [5.74, 6) is -0.283. The molecular formula is C8H13BrO2. The highest BCUT2D eigenvalue weighted by molar-refractivity contribution is 9.11. The first-order chi connectivity index (χ1) is 4.87. The third-order valence-corrected chi connectivity index (χ3v) is 1.57. The van der Waals surface area contributed by atoms with Gasteiger partial charge in [-0.15, -0.1) is 0 Å². The monoisotopic (exact) mass is 220 g/mol. The maximum Gasteiger partial charge on any atom is 0.334 e. The third-order valence-electron chi connectivity index (χ3n) is 0.885. The summed E-state index contributed by atoms with van der Waals surface area (Å²) in [6, 6.07) is 0. The SMILES string of the molecule is CC(=CBr)C(=O)OC(C)(C)C. The number of esters is 1. The Labute approximate surface area is 75.7 Å². The van der Waals surface area contributed by atoms with E-state index in [9.17, 15) is 4.79 Å². The summed E-state index contributed by atoms with van der Waals surface area (Å²) >= 11 is 3.06. The highest BCUT2D eigenvalue weighted by atomic mass is 79.9. The smallest absolute Gasteiger partial charge is 0.334 e. The maximum atomic E-state index is 11.1. The van der Waals surface area contributed by atoms with Crippen LogP contribution in [0.5, 0.6) is 0 Å². The zero-order chi connectivity index (χ0) is 9.07. The molecule has 3 heteroatoms. The lowest BCUT2D eigenvalue weighted by Gasteiger charge is -2.19. The molecule has 0 bridgehead atoms. The van der Waals surface area contributed by atoms with E-state index in [2.05, 4.69) is 15.9 Å². The largest absolute Gasteiger partial charge is 0.457 e. The van der Waals surface area contributed by atoms with Crippen LogP contribution < -0.4 is 0 Å². The van der Waals surface area contributed by atoms with Gasteiger partial charge in [-0.05, 0) is 32.7 Å². The van der Waals surface area contributed by atoms with E-state index in [4.69, 9.17) is 4.74 Å². The molecule has 0 N–H and O–H groups in total. The summed E-state index contributed by atoms with van der Waals surface area (Å²) in [5.41, 5.74) is 0.161. The van der Waals surface area contributed by atoms with Crippen LogP contribution in [0.25, 0.3) is 0 Å². The molecular weight excluding hydrogens is 208 g/mol. The van der Waals surface area contributed by atoms with Crippen LogP contribution in [0, 0.1) is 0 Å². The Morgan fingerprint density at radius 3 is 2.18 bits per heavy atom. The average Bonchev–Trinajstić information content (AvgIpc) is 1.82. The number of carbonyl (C=O) groups is 1. The fraction of sp³-hybridized carbons (Fsp3) is 0.625. The van der Waals surface area contributed by atoms with Crippen molar-refractivity contribution in [2.75, 3.05) is 0 Å². The van der Waals surface area contributed by atoms with Crippen molar-refractivity contribution >= 4 is 21.9 Å². The third kappa shape index (κ3) is 5.01. The van der Waals surface area contributed by atoms with Crippen LogP contribution >= 0.6 is 15.9 Å². The molecule has 0 amide bonds. The lowest BCUT2D eigenvalue weighted by atomic mass is 10.2. The van der Waals surface area contributed by atoms with Gasteiger partial charge in [-0.25, -0.2) is 4.79 Å². The molecule has 64 valence electrons. The molecule has 0 unspecified atom stereocenters. The molecule has 11 heavy (non-hydrogen) atoms. The Morgan fingerprint density at radius 2 is 1.91 bits per heavy atom. The Hall–Kier alpha value is -0.310. The Morgan fingerprint density at radius 1 is 1.45 bits per heavy atom. The maximum absolute atomic E-state index is 11.1. The zero-order valence-corrected chi connectivity index (χ0v) is 8.86. The quantitative estimate of drug-likeness (QED) is 0.502. The van der Waals surface area contributed by atoms with Gasteiger partial charge < -0.3 is 4.74 Å². The van der Waals surface area contributed by atoms with Crippen LogP contribution in [0.4, 0.5) is 0 Å². The molecule has 0 aromatic heterocycles. The molecule has 0 aliphatic rings. The Bertz CT molecular complexity index is 177. The molecule has 0 aromatic rings. The molecule has 0 spiro atoms. The van der Waals surface area contributed by atoms with Gasteiger partial charge >= 0.3 is 5.97 Å². The minimum Gasteiger partial charge on any atom is -0.457 e. The highest BCUT2D eigenvalue weighted by Crippen LogP contribution is 2.11. The lowest BCUT2D eigenvalue weighted by Crippen LogP contribution is -2.24. The summed E-state index contributed by atoms with van der Waals surface area (Å²) in [6.07, 6.45) is 0. The molecule has 0 aromatic carbocycles. The number of hydrogen-bond acceptors (Lipinski definition) is 2. The second kappa shape index (κ2) is 3.90. The van der Waals surface area contributed by atoms with Crippen molar-refractivity contribution in [1.29, 1.82) is 0 Å². The fourth-order valence-electron chi connectivity index (χ4n) is 0.403. The predicted molar refractivity (Wildman–Crippen MR) is 48.5 cm³/mol. The number of carbonyl (C=O) groups excluding carboxylic acids is 1. The molecule has 0 saturated carbocycles. The van der Waals surface area contributed by atoms with Gasteiger partial charge in [0.1, 0.15) is 5.60 Å². The topological polar surface area (TPSA) is 26.3 Å². The van der Waals surface area contributed by atoms with Crippen molar-refractivity contribution in [3.8, 4) is 0 Å². The van der Waals surface area contributed by atoms with Gasteiger partial charge in [0, 0.05) is 5.57 Å². The van der Waals surface area contributed by atoms with E-state index in [1.54, 1.807) is 11.9 Å². The van der Waals surface area contributed by atoms with E-state index in [0.29, 0.717) is 5.57 Å². The van der Waals surface area contributed by atoms with Crippen molar-refractivity contribution in [2.24, 2.45) is 0 Å². The van der Waals surface area contributed by atoms with E-state index in [1.165, 1.54) is 0 Å². The molecule has 2 nitrogen and oxygen atoms in total. The van der Waals surface area contributed by atoms with E-state index in [1.807, 2.05) is 20.8 Å². The molecule has 0 heterocycles. The molecule has 0 radical (unpaired) electrons. The van der Waals surface area contributed by atoms with Gasteiger partial charge in [0.2, 0.25) is 0 Å². The van der Waals surface area contributed by atoms with Crippen molar-refractivity contribution < 1.29 is 9.53 Å². The molecule has 0 atom stereocenters. The van der Waals surface area contributed by atoms with Crippen molar-refractivity contribution in [3.63, 3.8) is 0 Å². The van der Waals surface area contributed by atoms with Gasteiger partial charge in [0.25, 0.3) is 0 Å². The van der Waals surface area contributed by atoms with E-state index in [-0.39, 0.29) is 5.97 Å². The second-order valence-electron chi connectivity index (χ2n) is 3.29. The lowest BCUT2D eigenvalue weighted by molar-refractivity contribution is -0.149. The summed E-state index contributed by atoms with van der Waals surface area (Å²) in [5, 5.41) is 0. The number of rotatable bonds is 1. The van der Waals surface area contributed by atoms with E-state index < -0.39 is 5.60 Å². The van der Waals surface area contributed by atoms with Gasteiger partial charge in [0.05, 0.1) is 0 Å². The normalized spacial score (nSPS) is 13.0. The van der Waals surface area contributed by atoms with Crippen LogP contribution in [-0.2, 0) is 9.53 Å². The second-order valence-corrected chi connectivity index (χ2v) is 3.75. The Kier molecular flexibility index (Phi) is 3.79. The van der Waals surface area contributed by atoms with E-state index >= 15 is 0 Å². The van der Waals surface area contributed by atoms with Gasteiger partial charge in [-0.1, -0.05) is 15.9 Å². The number of halogens is 1. The number of ether oxygens (including phenoxy) is 1. The highest BCUT2D eigenvalue weighted by Gasteiger charge is 2.16. The van der Waals surface area contributed by atoms with Crippen LogP contribution in [0.2, 0.25) is 0 Å². The first kappa shape index (κ1) is 10.7. The minimum atomic E-state index is -0.408. The molecule has 0 saturated heterocycles. The van der Waals surface area contributed by atoms with Crippen molar-refractivity contribution in [1.82, 2.24) is 0 Å². The standard InChI is InChI=1S/C8H13BrO2/c1-6(5-9)7(10)11-8(2,3)4/h5H,1-4H3. The summed E-state index contributed by atoms with van der Waals surface area (Å²) < 4.78 is 5.05. The molecule has 0 aliphatic carbocycles. The van der Waals surface area contributed by atoms with Gasteiger partial charge in [-0.3, -0.25) is 0 Å². The fourth-order valence-corrected chi connectivity index (χ4v) is 0.590. The minimum absolute atomic E-state index is 0.283. The number of hydrogen-bond donors (Lipinski definition) is 0. The summed E-state index contributed by atoms with van der Waals surface area (Å²) in [7, 11) is 0. The van der Waals surface area contributed by atoms with Gasteiger partial charge in [0.15, 0.2) is 0 Å². The Balaban J connectivity index is 4.10. The van der Waals surface area contributed by atoms with Crippen LogP contribution in [0.15, 0.2) is 10.6 Å². The summed E-state index contributed by atoms with van der Waals surface area (Å²) in [6.45, 7) is 7.22. The van der Waals surface area contributed by atoms with Crippen LogP contribution in [0.1, 0.15) is 27.7 Å². The molecule has 0 fully saturated rings. The van der Waals surface area contributed by atoms with Crippen LogP contribution in [0.3, 0.4) is 0 Å². The van der Waals surface area contributed by atoms with Gasteiger partial charge in [-0.2, -0.15) is 0 Å². The zero-order valence-electron chi connectivity index (χ0n) is 7.27. The first-order valence-corrected chi connectivity index (χ1v) is 4.28. The van der Waals surface area contributed by atoms with E-state index in [0.717, 1.165) is 0 Å². The predicted octanol–water partition coefficient (Wildman–Crippen LogP) is 2.63. The molecule has 0 rings (SSSR count). The summed E-state index contributed by atoms with van der Waals surface area (Å²) in [4.78, 5) is 12.6. The van der Waals surface area contributed by atoms with Crippen LogP contribution in [-0.4, -0.2) is 11.6 Å². The average molecular weight is 221 g/mol.